The first-order chi connectivity index (χ1) is 13.5. The third kappa shape index (κ3) is 5.10. The average molecular weight is 568 g/mol. The van der Waals surface area contributed by atoms with Gasteiger partial charge in [0.05, 0.1) is 0 Å². The molecule has 0 heterocycles. The van der Waals surface area contributed by atoms with Crippen LogP contribution in [0.3, 0.4) is 0 Å². The molecule has 0 aromatic heterocycles. The Labute approximate surface area is 179 Å². The predicted molar refractivity (Wildman–Crippen MR) is 125 cm³/mol. The summed E-state index contributed by atoms with van der Waals surface area (Å²) in [6.07, 6.45) is 0. The van der Waals surface area contributed by atoms with Crippen LogP contribution in [0.15, 0.2) is 66.7 Å². The van der Waals surface area contributed by atoms with Gasteiger partial charge in [-0.1, -0.05) is 0 Å². The van der Waals surface area contributed by atoms with Crippen molar-refractivity contribution in [3.8, 4) is 0 Å². The van der Waals surface area contributed by atoms with Gasteiger partial charge in [0.25, 0.3) is 0 Å². The van der Waals surface area contributed by atoms with Gasteiger partial charge in [-0.05, 0) is 0 Å². The van der Waals surface area contributed by atoms with E-state index >= 15 is 0 Å². The van der Waals surface area contributed by atoms with Crippen molar-refractivity contribution >= 4 is 31.6 Å². The molecule has 0 unspecified atom stereocenters. The van der Waals surface area contributed by atoms with Crippen LogP contribution < -0.4 is 9.81 Å². The maximum absolute atomic E-state index is 2.53. The molecule has 0 N–H and O–H groups in total. The van der Waals surface area contributed by atoms with Crippen molar-refractivity contribution in [3.63, 3.8) is 0 Å². The van der Waals surface area contributed by atoms with Gasteiger partial charge in [0, 0.05) is 0 Å². The molecular weight excluding hydrogens is 535 g/mol. The maximum atomic E-state index is 2.53. The summed E-state index contributed by atoms with van der Waals surface area (Å²) in [6.45, 7) is 14.4. The zero-order valence-electron chi connectivity index (χ0n) is 17.9. The first-order valence-corrected chi connectivity index (χ1v) is 15.5. The van der Waals surface area contributed by atoms with Gasteiger partial charge in [0.2, 0.25) is 0 Å². The molecule has 0 saturated heterocycles. The van der Waals surface area contributed by atoms with Crippen molar-refractivity contribution in [1.29, 1.82) is 0 Å². The van der Waals surface area contributed by atoms with Crippen LogP contribution >= 0.6 is 0 Å². The molecule has 0 aliphatic carbocycles. The van der Waals surface area contributed by atoms with Crippen molar-refractivity contribution in [2.45, 2.75) is 41.2 Å². The van der Waals surface area contributed by atoms with Crippen molar-refractivity contribution < 1.29 is 0 Å². The second-order valence-corrected chi connectivity index (χ2v) is 16.1. The molecule has 3 aromatic carbocycles. The molecular formula is C26H32BiN. The fourth-order valence-corrected chi connectivity index (χ4v) is 14.0. The van der Waals surface area contributed by atoms with Gasteiger partial charge < -0.3 is 0 Å². The van der Waals surface area contributed by atoms with E-state index in [0.29, 0.717) is 0 Å². The topological polar surface area (TPSA) is 3.24 Å². The van der Waals surface area contributed by atoms with Crippen LogP contribution in [0, 0.1) is 20.8 Å². The van der Waals surface area contributed by atoms with Crippen LogP contribution in [0.1, 0.15) is 36.1 Å². The van der Waals surface area contributed by atoms with Gasteiger partial charge in [-0.2, -0.15) is 0 Å². The Morgan fingerprint density at radius 2 is 1.21 bits per heavy atom. The number of hydrogen-bond acceptors (Lipinski definition) is 1. The molecule has 0 spiro atoms. The molecule has 0 saturated carbocycles. The van der Waals surface area contributed by atoms with Crippen LogP contribution in [0.25, 0.3) is 0 Å². The zero-order valence-corrected chi connectivity index (χ0v) is 21.3. The van der Waals surface area contributed by atoms with E-state index in [1.807, 2.05) is 0 Å². The Hall–Kier alpha value is -1.50. The van der Waals surface area contributed by atoms with Crippen LogP contribution in [0.4, 0.5) is 0 Å². The van der Waals surface area contributed by atoms with Crippen molar-refractivity contribution in [1.82, 2.24) is 4.90 Å². The van der Waals surface area contributed by atoms with Gasteiger partial charge in [-0.25, -0.2) is 0 Å². The molecule has 0 aliphatic heterocycles. The monoisotopic (exact) mass is 567 g/mol. The molecule has 1 nitrogen and oxygen atoms in total. The van der Waals surface area contributed by atoms with E-state index in [4.69, 9.17) is 0 Å². The van der Waals surface area contributed by atoms with Gasteiger partial charge in [-0.3, -0.25) is 0 Å². The van der Waals surface area contributed by atoms with Crippen LogP contribution in [0.2, 0.25) is 0 Å². The summed E-state index contributed by atoms with van der Waals surface area (Å²) >= 11 is -2.37. The van der Waals surface area contributed by atoms with E-state index in [1.54, 1.807) is 9.81 Å². The standard InChI is InChI=1S/C12H18N.2C7H7.Bi/c1-4-13(5-2)10-12-8-6-7-11(3)9-12;2*1-7-5-3-2-4-6-7;/h6-7,9H,4-5,10H2,1-3H3;2*2-3,5-6H,1H3;. The molecule has 0 aliphatic rings. The molecule has 0 bridgehead atoms. The molecule has 0 fully saturated rings. The SMILES string of the molecule is CCN(CC)Cc1cc(C)cc[c]1[Bi]([c]1cccc(C)c1)[c]1cccc(C)c1. The fraction of sp³-hybridized carbons (Fsp3) is 0.308. The van der Waals surface area contributed by atoms with E-state index in [2.05, 4.69) is 106 Å². The van der Waals surface area contributed by atoms with Crippen LogP contribution in [-0.4, -0.2) is 39.7 Å². The summed E-state index contributed by atoms with van der Waals surface area (Å²) in [7, 11) is 0. The number of aryl methyl sites for hydroxylation is 3. The Morgan fingerprint density at radius 1 is 0.679 bits per heavy atom. The van der Waals surface area contributed by atoms with Crippen LogP contribution in [-0.2, 0) is 6.54 Å². The molecule has 0 amide bonds. The average Bonchev–Trinajstić information content (AvgIpc) is 2.68. The van der Waals surface area contributed by atoms with E-state index < -0.39 is 21.8 Å². The van der Waals surface area contributed by atoms with Gasteiger partial charge >= 0.3 is 180 Å². The summed E-state index contributed by atoms with van der Waals surface area (Å²) < 4.78 is 4.78. The van der Waals surface area contributed by atoms with Gasteiger partial charge in [0.15, 0.2) is 0 Å². The normalized spacial score (nSPS) is 11.4. The first-order valence-electron chi connectivity index (χ1n) is 10.3. The number of nitrogens with zero attached hydrogens (tertiary/aromatic N) is 1. The minimum absolute atomic E-state index is 1.05. The van der Waals surface area contributed by atoms with E-state index in [1.165, 1.54) is 22.3 Å². The van der Waals surface area contributed by atoms with Gasteiger partial charge in [0.1, 0.15) is 0 Å². The Morgan fingerprint density at radius 3 is 1.71 bits per heavy atom. The summed E-state index contributed by atoms with van der Waals surface area (Å²) in [5.41, 5.74) is 5.62. The molecule has 3 aromatic rings. The molecule has 28 heavy (non-hydrogen) atoms. The summed E-state index contributed by atoms with van der Waals surface area (Å²) in [4.78, 5) is 2.53. The van der Waals surface area contributed by atoms with Gasteiger partial charge in [-0.15, -0.1) is 0 Å². The van der Waals surface area contributed by atoms with Crippen molar-refractivity contribution in [2.75, 3.05) is 13.1 Å². The molecule has 3 rings (SSSR count). The molecule has 146 valence electrons. The Bertz CT molecular complexity index is 882. The quantitative estimate of drug-likeness (QED) is 0.391. The summed E-state index contributed by atoms with van der Waals surface area (Å²) in [5.74, 6) is 0. The third-order valence-electron chi connectivity index (χ3n) is 5.28. The number of rotatable bonds is 7. The number of benzene rings is 3. The fourth-order valence-electron chi connectivity index (χ4n) is 3.71. The predicted octanol–water partition coefficient (Wildman–Crippen LogP) is 3.97. The zero-order chi connectivity index (χ0) is 20.1. The molecule has 0 atom stereocenters. The van der Waals surface area contributed by atoms with Crippen molar-refractivity contribution in [2.24, 2.45) is 0 Å². The van der Waals surface area contributed by atoms with Crippen LogP contribution in [0.5, 0.6) is 0 Å². The van der Waals surface area contributed by atoms with Crippen molar-refractivity contribution in [3.05, 3.63) is 89.0 Å². The Kier molecular flexibility index (Phi) is 7.44. The van der Waals surface area contributed by atoms with E-state index in [9.17, 15) is 0 Å². The number of hydrogen-bond donors (Lipinski definition) is 0. The summed E-state index contributed by atoms with van der Waals surface area (Å²) in [6, 6.07) is 25.7. The second-order valence-electron chi connectivity index (χ2n) is 7.61. The third-order valence-corrected chi connectivity index (χ3v) is 15.0. The van der Waals surface area contributed by atoms with E-state index in [-0.39, 0.29) is 0 Å². The Balaban J connectivity index is 2.18. The first kappa shape index (κ1) is 21.2. The minimum atomic E-state index is -2.37. The molecule has 0 radical (unpaired) electrons. The second kappa shape index (κ2) is 9.81. The molecule has 2 heteroatoms. The van der Waals surface area contributed by atoms with E-state index in [0.717, 1.165) is 19.6 Å². The summed E-state index contributed by atoms with van der Waals surface area (Å²) in [5, 5.41) is 0.